The van der Waals surface area contributed by atoms with Crippen LogP contribution >= 0.6 is 0 Å². The molecule has 0 aromatic heterocycles. The fraction of sp³-hybridized carbons (Fsp3) is 0.517. The molecule has 1 N–H and O–H groups in total. The first-order valence-electron chi connectivity index (χ1n) is 13.6. The number of nitrogens with zero attached hydrogens (tertiary/aromatic N) is 1. The lowest BCUT2D eigenvalue weighted by Gasteiger charge is -2.35. The Morgan fingerprint density at radius 1 is 0.909 bits per heavy atom. The summed E-state index contributed by atoms with van der Waals surface area (Å²) in [6.45, 7) is 2.17. The highest BCUT2D eigenvalue weighted by atomic mass is 32.2. The van der Waals surface area contributed by atoms with Crippen molar-refractivity contribution in [3.8, 4) is 0 Å². The topological polar surface area (TPSA) is 91.8 Å². The predicted octanol–water partition coefficient (Wildman–Crippen LogP) is 6.61. The Hall–Kier alpha value is -3.23. The van der Waals surface area contributed by atoms with E-state index >= 15 is 0 Å². The number of hydrogen-bond acceptors (Lipinski definition) is 4. The molecule has 2 fully saturated rings. The molecule has 1 saturated carbocycles. The van der Waals surface area contributed by atoms with Crippen LogP contribution in [0.4, 0.5) is 35.1 Å². The maximum atomic E-state index is 14.7. The van der Waals surface area contributed by atoms with Gasteiger partial charge in [0.05, 0.1) is 10.3 Å². The van der Waals surface area contributed by atoms with Gasteiger partial charge in [-0.05, 0) is 69.2 Å². The number of benzene rings is 2. The number of sulfone groups is 1. The molecular weight excluding hydrogens is 626 g/mol. The normalized spacial score (nSPS) is 25.2. The van der Waals surface area contributed by atoms with Crippen LogP contribution in [0.15, 0.2) is 47.4 Å². The Morgan fingerprint density at radius 2 is 1.45 bits per heavy atom. The summed E-state index contributed by atoms with van der Waals surface area (Å²) in [5.74, 6) is -3.04. The fourth-order valence-electron chi connectivity index (χ4n) is 6.01. The van der Waals surface area contributed by atoms with Gasteiger partial charge in [0, 0.05) is 24.6 Å². The lowest BCUT2D eigenvalue weighted by Crippen LogP contribution is -2.50. The number of carbonyl (C=O) groups is 2. The van der Waals surface area contributed by atoms with E-state index in [1.54, 1.807) is 6.92 Å². The molecule has 1 atom stereocenters. The van der Waals surface area contributed by atoms with Gasteiger partial charge in [-0.2, -0.15) is 26.3 Å². The second-order valence-electron chi connectivity index (χ2n) is 11.8. The van der Waals surface area contributed by atoms with Gasteiger partial charge in [-0.15, -0.1) is 0 Å². The van der Waals surface area contributed by atoms with E-state index in [1.165, 1.54) is 17.9 Å². The van der Waals surface area contributed by atoms with Crippen LogP contribution in [0, 0.1) is 24.1 Å². The number of hydrogen-bond donors (Lipinski definition) is 1. The second kappa shape index (κ2) is 11.0. The molecule has 0 radical (unpaired) electrons. The van der Waals surface area contributed by atoms with E-state index in [4.69, 9.17) is 0 Å². The number of carbonyl (C=O) groups excluding carboxylic acids is 1. The lowest BCUT2D eigenvalue weighted by molar-refractivity contribution is -0.348. The van der Waals surface area contributed by atoms with E-state index < -0.39 is 78.6 Å². The van der Waals surface area contributed by atoms with Crippen molar-refractivity contribution in [1.82, 2.24) is 4.90 Å². The summed E-state index contributed by atoms with van der Waals surface area (Å²) in [5, 5.41) is 9.48. The second-order valence-corrected chi connectivity index (χ2v) is 14.0. The minimum Gasteiger partial charge on any atom is -0.481 e. The van der Waals surface area contributed by atoms with E-state index in [-0.39, 0.29) is 61.9 Å². The quantitative estimate of drug-likeness (QED) is 0.354. The number of carboxylic acid groups (broad SMARTS) is 1. The standard InChI is InChI=1S/C29H29F8NO5S/c1-17-3-8-21(15-22(17)30)44(42,43)26(19-4-6-20(7-5-19)27(31,28(32,33)34)29(35,36)37)13-14-38(16-26)23(39)18-9-11-25(2,12-10-18)24(40)41/h3-8,15,18H,9-14,16H2,1-2H3,(H,40,41)/t18?,25?,26-/m0/s1. The number of amides is 1. The van der Waals surface area contributed by atoms with Crippen molar-refractivity contribution >= 4 is 21.7 Å². The first-order chi connectivity index (χ1) is 20.1. The Morgan fingerprint density at radius 3 is 1.93 bits per heavy atom. The van der Waals surface area contributed by atoms with Crippen molar-refractivity contribution in [1.29, 1.82) is 0 Å². The summed E-state index contributed by atoms with van der Waals surface area (Å²) in [6.07, 6.45) is -12.4. The fourth-order valence-corrected chi connectivity index (χ4v) is 8.10. The highest BCUT2D eigenvalue weighted by molar-refractivity contribution is 7.92. The Bertz CT molecular complexity index is 1530. The van der Waals surface area contributed by atoms with Crippen LogP contribution in [-0.2, 0) is 29.8 Å². The molecule has 44 heavy (non-hydrogen) atoms. The summed E-state index contributed by atoms with van der Waals surface area (Å²) in [6, 6.07) is 4.74. The van der Waals surface area contributed by atoms with Crippen LogP contribution in [0.2, 0.25) is 0 Å². The highest BCUT2D eigenvalue weighted by Gasteiger charge is 2.73. The summed E-state index contributed by atoms with van der Waals surface area (Å²) >= 11 is 0. The summed E-state index contributed by atoms with van der Waals surface area (Å²) in [5.41, 5.74) is -8.80. The molecule has 0 spiro atoms. The van der Waals surface area contributed by atoms with Crippen LogP contribution < -0.4 is 0 Å². The van der Waals surface area contributed by atoms with Crippen LogP contribution in [0.3, 0.4) is 0 Å². The summed E-state index contributed by atoms with van der Waals surface area (Å²) < 4.78 is 135. The molecule has 1 amide bonds. The van der Waals surface area contributed by atoms with E-state index in [9.17, 15) is 58.2 Å². The maximum Gasteiger partial charge on any atom is 0.435 e. The molecule has 1 heterocycles. The Balaban J connectivity index is 1.77. The van der Waals surface area contributed by atoms with Gasteiger partial charge in [-0.1, -0.05) is 30.3 Å². The van der Waals surface area contributed by atoms with Crippen molar-refractivity contribution in [3.05, 3.63) is 65.0 Å². The van der Waals surface area contributed by atoms with Gasteiger partial charge in [0.2, 0.25) is 5.91 Å². The molecule has 242 valence electrons. The third kappa shape index (κ3) is 5.34. The van der Waals surface area contributed by atoms with Gasteiger partial charge in [0.25, 0.3) is 0 Å². The molecule has 2 aromatic rings. The van der Waals surface area contributed by atoms with E-state index in [1.807, 2.05) is 0 Å². The molecule has 4 rings (SSSR count). The third-order valence-electron chi connectivity index (χ3n) is 9.06. The smallest absolute Gasteiger partial charge is 0.435 e. The Kier molecular flexibility index (Phi) is 8.40. The zero-order chi connectivity index (χ0) is 33.1. The molecule has 6 nitrogen and oxygen atoms in total. The van der Waals surface area contributed by atoms with Crippen molar-refractivity contribution in [3.63, 3.8) is 0 Å². The van der Waals surface area contributed by atoms with Gasteiger partial charge in [0.15, 0.2) is 9.84 Å². The minimum atomic E-state index is -6.39. The zero-order valence-electron chi connectivity index (χ0n) is 23.5. The monoisotopic (exact) mass is 655 g/mol. The minimum absolute atomic E-state index is 0.106. The number of aryl methyl sites for hydroxylation is 1. The number of aliphatic carboxylic acids is 1. The van der Waals surface area contributed by atoms with Gasteiger partial charge in [-0.3, -0.25) is 9.59 Å². The largest absolute Gasteiger partial charge is 0.481 e. The first kappa shape index (κ1) is 33.7. The molecule has 15 heteroatoms. The molecule has 1 aliphatic carbocycles. The molecule has 0 bridgehead atoms. The lowest BCUT2D eigenvalue weighted by atomic mass is 9.71. The summed E-state index contributed by atoms with van der Waals surface area (Å²) in [7, 11) is -4.67. The predicted molar refractivity (Wildman–Crippen MR) is 140 cm³/mol. The third-order valence-corrected chi connectivity index (χ3v) is 11.5. The van der Waals surface area contributed by atoms with E-state index in [2.05, 4.69) is 0 Å². The number of carboxylic acids is 1. The van der Waals surface area contributed by atoms with Gasteiger partial charge >= 0.3 is 24.0 Å². The number of likely N-dealkylation sites (tertiary alicyclic amines) is 1. The molecule has 2 aliphatic rings. The van der Waals surface area contributed by atoms with E-state index in [0.717, 1.165) is 12.1 Å². The zero-order valence-corrected chi connectivity index (χ0v) is 24.3. The SMILES string of the molecule is Cc1ccc(S(=O)(=O)[C@@]2(c3ccc(C(F)(C(F)(F)F)C(F)(F)F)cc3)CCN(C(=O)C3CCC(C)(C(=O)O)CC3)C2)cc1F. The van der Waals surface area contributed by atoms with E-state index in [0.29, 0.717) is 12.1 Å². The molecule has 2 aromatic carbocycles. The van der Waals surface area contributed by atoms with Crippen LogP contribution in [-0.4, -0.2) is 55.7 Å². The number of halogens is 8. The molecule has 1 aliphatic heterocycles. The van der Waals surface area contributed by atoms with Crippen molar-refractivity contribution < 1.29 is 58.2 Å². The maximum absolute atomic E-state index is 14.7. The number of rotatable bonds is 6. The number of alkyl halides is 7. The average Bonchev–Trinajstić information content (AvgIpc) is 3.40. The van der Waals surface area contributed by atoms with Crippen LogP contribution in [0.25, 0.3) is 0 Å². The van der Waals surface area contributed by atoms with Crippen LogP contribution in [0.5, 0.6) is 0 Å². The highest BCUT2D eigenvalue weighted by Crippen LogP contribution is 2.54. The van der Waals surface area contributed by atoms with Crippen molar-refractivity contribution in [2.75, 3.05) is 13.1 Å². The average molecular weight is 656 g/mol. The molecular formula is C29H29F8NO5S. The summed E-state index contributed by atoms with van der Waals surface area (Å²) in [4.78, 5) is 25.8. The van der Waals surface area contributed by atoms with Gasteiger partial charge in [-0.25, -0.2) is 17.2 Å². The molecule has 0 unspecified atom stereocenters. The van der Waals surface area contributed by atoms with Gasteiger partial charge in [0.1, 0.15) is 10.6 Å². The molecule has 1 saturated heterocycles. The first-order valence-corrected chi connectivity index (χ1v) is 15.1. The Labute approximate surface area is 248 Å². The van der Waals surface area contributed by atoms with Crippen molar-refractivity contribution in [2.45, 2.75) is 73.6 Å². The van der Waals surface area contributed by atoms with Crippen LogP contribution in [0.1, 0.15) is 55.7 Å². The van der Waals surface area contributed by atoms with Gasteiger partial charge < -0.3 is 10.0 Å². The van der Waals surface area contributed by atoms with Crippen molar-refractivity contribution in [2.24, 2.45) is 11.3 Å².